The van der Waals surface area contributed by atoms with E-state index in [1.54, 1.807) is 24.3 Å². The number of ether oxygens (including phenoxy) is 1. The molecule has 3 aromatic rings. The standard InChI is InChI=1S/C19H15N3O4/c23-17(10-13-9-16(26-22-13)12-5-2-1-3-6-12)20-14-7-4-8-15-19(14)25-11-18(24)21-15/h1-9H,10-11H2,(H,20,23)(H,21,24). The molecule has 0 spiro atoms. The molecule has 0 saturated carbocycles. The average molecular weight is 349 g/mol. The number of para-hydroxylation sites is 1. The molecular formula is C19H15N3O4. The van der Waals surface area contributed by atoms with E-state index in [1.807, 2.05) is 30.3 Å². The first kappa shape index (κ1) is 15.9. The summed E-state index contributed by atoms with van der Waals surface area (Å²) < 4.78 is 10.7. The molecule has 1 aliphatic heterocycles. The summed E-state index contributed by atoms with van der Waals surface area (Å²) >= 11 is 0. The summed E-state index contributed by atoms with van der Waals surface area (Å²) in [5, 5.41) is 9.44. The highest BCUT2D eigenvalue weighted by Gasteiger charge is 2.20. The largest absolute Gasteiger partial charge is 0.479 e. The summed E-state index contributed by atoms with van der Waals surface area (Å²) in [7, 11) is 0. The van der Waals surface area contributed by atoms with Crippen molar-refractivity contribution in [3.63, 3.8) is 0 Å². The van der Waals surface area contributed by atoms with Crippen LogP contribution in [-0.2, 0) is 16.0 Å². The van der Waals surface area contributed by atoms with Gasteiger partial charge in [-0.2, -0.15) is 0 Å². The second-order valence-electron chi connectivity index (χ2n) is 5.79. The van der Waals surface area contributed by atoms with Crippen molar-refractivity contribution in [2.24, 2.45) is 0 Å². The molecular weight excluding hydrogens is 334 g/mol. The van der Waals surface area contributed by atoms with Crippen LogP contribution in [0.4, 0.5) is 11.4 Å². The van der Waals surface area contributed by atoms with E-state index in [9.17, 15) is 9.59 Å². The molecule has 0 atom stereocenters. The number of rotatable bonds is 4. The zero-order chi connectivity index (χ0) is 17.9. The van der Waals surface area contributed by atoms with Crippen molar-refractivity contribution in [2.75, 3.05) is 17.2 Å². The lowest BCUT2D eigenvalue weighted by atomic mass is 10.1. The first-order valence-corrected chi connectivity index (χ1v) is 8.05. The van der Waals surface area contributed by atoms with Crippen LogP contribution in [0.25, 0.3) is 11.3 Å². The summed E-state index contributed by atoms with van der Waals surface area (Å²) in [6.45, 7) is -0.0798. The minimum absolute atomic E-state index is 0.0619. The third-order valence-electron chi connectivity index (χ3n) is 3.87. The molecule has 4 rings (SSSR count). The highest BCUT2D eigenvalue weighted by atomic mass is 16.5. The van der Waals surface area contributed by atoms with Gasteiger partial charge in [-0.25, -0.2) is 0 Å². The monoisotopic (exact) mass is 349 g/mol. The Bertz CT molecular complexity index is 966. The highest BCUT2D eigenvalue weighted by Crippen LogP contribution is 2.35. The Morgan fingerprint density at radius 1 is 1.15 bits per heavy atom. The molecule has 2 amide bonds. The van der Waals surface area contributed by atoms with Gasteiger partial charge in [-0.15, -0.1) is 0 Å². The van der Waals surface area contributed by atoms with Gasteiger partial charge in [0.25, 0.3) is 5.91 Å². The molecule has 7 nitrogen and oxygen atoms in total. The molecule has 1 aliphatic rings. The minimum atomic E-state index is -0.258. The number of anilines is 2. The maximum Gasteiger partial charge on any atom is 0.262 e. The van der Waals surface area contributed by atoms with Crippen molar-refractivity contribution in [3.05, 3.63) is 60.3 Å². The van der Waals surface area contributed by atoms with Crippen molar-refractivity contribution < 1.29 is 18.8 Å². The van der Waals surface area contributed by atoms with Crippen molar-refractivity contribution in [1.29, 1.82) is 0 Å². The second kappa shape index (κ2) is 6.72. The van der Waals surface area contributed by atoms with Gasteiger partial charge in [-0.05, 0) is 12.1 Å². The van der Waals surface area contributed by atoms with E-state index in [0.717, 1.165) is 5.56 Å². The van der Waals surface area contributed by atoms with Crippen LogP contribution in [0.1, 0.15) is 5.69 Å². The second-order valence-corrected chi connectivity index (χ2v) is 5.79. The van der Waals surface area contributed by atoms with Gasteiger partial charge in [0, 0.05) is 11.6 Å². The normalized spacial score (nSPS) is 12.7. The van der Waals surface area contributed by atoms with E-state index >= 15 is 0 Å². The number of aromatic nitrogens is 1. The Morgan fingerprint density at radius 3 is 2.85 bits per heavy atom. The Labute approximate surface area is 149 Å². The number of nitrogens with one attached hydrogen (secondary N) is 2. The molecule has 0 radical (unpaired) electrons. The Kier molecular flexibility index (Phi) is 4.10. The molecule has 0 unspecified atom stereocenters. The third-order valence-corrected chi connectivity index (χ3v) is 3.87. The van der Waals surface area contributed by atoms with Gasteiger partial charge in [0.15, 0.2) is 18.1 Å². The number of carbonyl (C=O) groups excluding carboxylic acids is 2. The SMILES string of the molecule is O=C1COc2c(cccc2NC(=O)Cc2cc(-c3ccccc3)on2)N1. The number of hydrogen-bond donors (Lipinski definition) is 2. The van der Waals surface area contributed by atoms with Crippen LogP contribution in [0.3, 0.4) is 0 Å². The zero-order valence-corrected chi connectivity index (χ0v) is 13.7. The Morgan fingerprint density at radius 2 is 2.00 bits per heavy atom. The minimum Gasteiger partial charge on any atom is -0.479 e. The first-order valence-electron chi connectivity index (χ1n) is 8.05. The van der Waals surface area contributed by atoms with Crippen LogP contribution in [0.15, 0.2) is 59.1 Å². The number of fused-ring (bicyclic) bond motifs is 1. The fraction of sp³-hybridized carbons (Fsp3) is 0.105. The molecule has 0 bridgehead atoms. The van der Waals surface area contributed by atoms with Crippen LogP contribution >= 0.6 is 0 Å². The van der Waals surface area contributed by atoms with E-state index < -0.39 is 0 Å². The summed E-state index contributed by atoms with van der Waals surface area (Å²) in [5.74, 6) is 0.575. The van der Waals surface area contributed by atoms with E-state index in [1.165, 1.54) is 0 Å². The first-order chi connectivity index (χ1) is 12.7. The topological polar surface area (TPSA) is 93.5 Å². The lowest BCUT2D eigenvalue weighted by molar-refractivity contribution is -0.118. The van der Waals surface area contributed by atoms with Crippen LogP contribution < -0.4 is 15.4 Å². The van der Waals surface area contributed by atoms with Crippen LogP contribution in [0.5, 0.6) is 5.75 Å². The Hall–Kier alpha value is -3.61. The maximum absolute atomic E-state index is 12.3. The van der Waals surface area contributed by atoms with E-state index in [2.05, 4.69) is 15.8 Å². The molecule has 1 aromatic heterocycles. The molecule has 26 heavy (non-hydrogen) atoms. The summed E-state index contributed by atoms with van der Waals surface area (Å²) in [6, 6.07) is 16.4. The number of benzene rings is 2. The van der Waals surface area contributed by atoms with Crippen molar-refractivity contribution in [1.82, 2.24) is 5.16 Å². The number of carbonyl (C=O) groups is 2. The van der Waals surface area contributed by atoms with Crippen molar-refractivity contribution in [3.8, 4) is 17.1 Å². The van der Waals surface area contributed by atoms with Gasteiger partial charge in [-0.3, -0.25) is 9.59 Å². The molecule has 2 heterocycles. The Balaban J connectivity index is 1.46. The molecule has 7 heteroatoms. The van der Waals surface area contributed by atoms with Gasteiger partial charge in [0.05, 0.1) is 23.5 Å². The summed E-state index contributed by atoms with van der Waals surface area (Å²) in [4.78, 5) is 23.7. The van der Waals surface area contributed by atoms with Gasteiger partial charge in [0.2, 0.25) is 5.91 Å². The molecule has 0 aliphatic carbocycles. The third kappa shape index (κ3) is 3.27. The molecule has 2 aromatic carbocycles. The smallest absolute Gasteiger partial charge is 0.262 e. The average Bonchev–Trinajstić information content (AvgIpc) is 3.11. The maximum atomic E-state index is 12.3. The fourth-order valence-corrected chi connectivity index (χ4v) is 2.71. The van der Waals surface area contributed by atoms with Gasteiger partial charge in [0.1, 0.15) is 0 Å². The van der Waals surface area contributed by atoms with Crippen LogP contribution in [0.2, 0.25) is 0 Å². The number of amides is 2. The van der Waals surface area contributed by atoms with E-state index in [-0.39, 0.29) is 24.8 Å². The van der Waals surface area contributed by atoms with E-state index in [0.29, 0.717) is 28.6 Å². The van der Waals surface area contributed by atoms with Crippen LogP contribution in [-0.4, -0.2) is 23.6 Å². The number of nitrogens with zero attached hydrogens (tertiary/aromatic N) is 1. The molecule has 0 saturated heterocycles. The fourth-order valence-electron chi connectivity index (χ4n) is 2.71. The van der Waals surface area contributed by atoms with Gasteiger partial charge >= 0.3 is 0 Å². The predicted octanol–water partition coefficient (Wildman–Crippen LogP) is 2.85. The highest BCUT2D eigenvalue weighted by molar-refractivity contribution is 6.00. The van der Waals surface area contributed by atoms with Crippen molar-refractivity contribution >= 4 is 23.2 Å². The zero-order valence-electron chi connectivity index (χ0n) is 13.7. The molecule has 0 fully saturated rings. The van der Waals surface area contributed by atoms with E-state index in [4.69, 9.17) is 9.26 Å². The summed E-state index contributed by atoms with van der Waals surface area (Å²) in [5.41, 5.74) is 2.46. The van der Waals surface area contributed by atoms with Gasteiger partial charge in [-0.1, -0.05) is 41.6 Å². The van der Waals surface area contributed by atoms with Crippen LogP contribution in [0, 0.1) is 0 Å². The number of hydrogen-bond acceptors (Lipinski definition) is 5. The lowest BCUT2D eigenvalue weighted by Gasteiger charge is -2.20. The predicted molar refractivity (Wildman–Crippen MR) is 94.8 cm³/mol. The van der Waals surface area contributed by atoms with Gasteiger partial charge < -0.3 is 19.9 Å². The molecule has 2 N–H and O–H groups in total. The quantitative estimate of drug-likeness (QED) is 0.755. The van der Waals surface area contributed by atoms with Crippen molar-refractivity contribution in [2.45, 2.75) is 6.42 Å². The lowest BCUT2D eigenvalue weighted by Crippen LogP contribution is -2.26. The summed E-state index contributed by atoms with van der Waals surface area (Å²) in [6.07, 6.45) is 0.0619. The molecule has 130 valence electrons.